The molecule has 2 N–H and O–H groups in total. The van der Waals surface area contributed by atoms with E-state index in [-0.39, 0.29) is 12.6 Å². The highest BCUT2D eigenvalue weighted by molar-refractivity contribution is 6.31. The van der Waals surface area contributed by atoms with Crippen molar-refractivity contribution >= 4 is 28.5 Å². The van der Waals surface area contributed by atoms with Crippen LogP contribution in [0.5, 0.6) is 0 Å². The molecule has 1 atom stereocenters. The summed E-state index contributed by atoms with van der Waals surface area (Å²) >= 11 is 5.97. The van der Waals surface area contributed by atoms with E-state index in [1.807, 2.05) is 29.3 Å². The molecule has 1 unspecified atom stereocenters. The van der Waals surface area contributed by atoms with Gasteiger partial charge in [-0.25, -0.2) is 0 Å². The van der Waals surface area contributed by atoms with Crippen molar-refractivity contribution in [3.05, 3.63) is 35.0 Å². The van der Waals surface area contributed by atoms with Crippen LogP contribution in [0.25, 0.3) is 10.9 Å². The zero-order chi connectivity index (χ0) is 14.7. The lowest BCUT2D eigenvalue weighted by atomic mass is 10.1. The Kier molecular flexibility index (Phi) is 4.68. The van der Waals surface area contributed by atoms with Crippen LogP contribution >= 0.6 is 11.6 Å². The number of aromatic nitrogens is 1. The van der Waals surface area contributed by atoms with E-state index in [4.69, 9.17) is 16.7 Å². The third-order valence-electron chi connectivity index (χ3n) is 3.66. The first-order valence-corrected chi connectivity index (χ1v) is 7.10. The standard InChI is InChI=1S/C15H19ClN2O2/c1-3-10(2)18(9-15(19)20)8-11-7-17-14-6-12(16)4-5-13(11)14/h4-7,10,17H,3,8-9H2,1-2H3,(H,19,20). The summed E-state index contributed by atoms with van der Waals surface area (Å²) in [4.78, 5) is 16.2. The van der Waals surface area contributed by atoms with Crippen LogP contribution in [-0.4, -0.2) is 33.5 Å². The molecule has 0 spiro atoms. The summed E-state index contributed by atoms with van der Waals surface area (Å²) in [5.41, 5.74) is 2.07. The summed E-state index contributed by atoms with van der Waals surface area (Å²) in [6, 6.07) is 5.93. The number of aromatic amines is 1. The number of fused-ring (bicyclic) bond motifs is 1. The smallest absolute Gasteiger partial charge is 0.317 e. The van der Waals surface area contributed by atoms with Gasteiger partial charge in [0.05, 0.1) is 6.54 Å². The number of carboxylic acid groups (broad SMARTS) is 1. The number of halogens is 1. The SMILES string of the molecule is CCC(C)N(CC(=O)O)Cc1c[nH]c2cc(Cl)ccc12. The predicted molar refractivity (Wildman–Crippen MR) is 81.1 cm³/mol. The first-order valence-electron chi connectivity index (χ1n) is 6.72. The van der Waals surface area contributed by atoms with Crippen molar-refractivity contribution in [2.24, 2.45) is 0 Å². The summed E-state index contributed by atoms with van der Waals surface area (Å²) in [6.07, 6.45) is 2.85. The minimum absolute atomic E-state index is 0.0509. The van der Waals surface area contributed by atoms with Crippen molar-refractivity contribution in [3.8, 4) is 0 Å². The number of aliphatic carboxylic acids is 1. The second kappa shape index (κ2) is 6.29. The molecule has 0 bridgehead atoms. The second-order valence-corrected chi connectivity index (χ2v) is 5.50. The molecular formula is C15H19ClN2O2. The van der Waals surface area contributed by atoms with Gasteiger partial charge < -0.3 is 10.1 Å². The van der Waals surface area contributed by atoms with E-state index in [0.717, 1.165) is 22.9 Å². The number of hydrogen-bond acceptors (Lipinski definition) is 2. The zero-order valence-corrected chi connectivity index (χ0v) is 12.4. The summed E-state index contributed by atoms with van der Waals surface area (Å²) in [6.45, 7) is 4.78. The minimum atomic E-state index is -0.798. The third kappa shape index (κ3) is 3.32. The Morgan fingerprint density at radius 3 is 2.90 bits per heavy atom. The molecule has 0 radical (unpaired) electrons. The molecule has 0 saturated heterocycles. The van der Waals surface area contributed by atoms with Gasteiger partial charge in [0.15, 0.2) is 0 Å². The fraction of sp³-hybridized carbons (Fsp3) is 0.400. The van der Waals surface area contributed by atoms with Crippen LogP contribution in [0.3, 0.4) is 0 Å². The molecule has 1 aromatic carbocycles. The van der Waals surface area contributed by atoms with Crippen LogP contribution in [0.1, 0.15) is 25.8 Å². The van der Waals surface area contributed by atoms with Crippen molar-refractivity contribution in [1.82, 2.24) is 9.88 Å². The Bertz CT molecular complexity index is 609. The Balaban J connectivity index is 2.26. The van der Waals surface area contributed by atoms with Crippen LogP contribution in [0.4, 0.5) is 0 Å². The molecule has 5 heteroatoms. The van der Waals surface area contributed by atoms with Crippen LogP contribution in [-0.2, 0) is 11.3 Å². The average Bonchev–Trinajstić information content (AvgIpc) is 2.78. The monoisotopic (exact) mass is 294 g/mol. The number of benzene rings is 1. The lowest BCUT2D eigenvalue weighted by Crippen LogP contribution is -2.36. The lowest BCUT2D eigenvalue weighted by Gasteiger charge is -2.26. The Morgan fingerprint density at radius 1 is 1.50 bits per heavy atom. The van der Waals surface area contributed by atoms with Crippen molar-refractivity contribution in [2.45, 2.75) is 32.9 Å². The predicted octanol–water partition coefficient (Wildman–Crippen LogP) is 3.51. The number of nitrogens with one attached hydrogen (secondary N) is 1. The van der Waals surface area contributed by atoms with Crippen molar-refractivity contribution in [1.29, 1.82) is 0 Å². The van der Waals surface area contributed by atoms with E-state index in [1.54, 1.807) is 0 Å². The normalized spacial score (nSPS) is 13.0. The van der Waals surface area contributed by atoms with Crippen LogP contribution < -0.4 is 0 Å². The number of carbonyl (C=O) groups is 1. The third-order valence-corrected chi connectivity index (χ3v) is 3.89. The van der Waals surface area contributed by atoms with Gasteiger partial charge in [0.1, 0.15) is 0 Å². The van der Waals surface area contributed by atoms with Gasteiger partial charge in [-0.2, -0.15) is 0 Å². The van der Waals surface area contributed by atoms with E-state index in [0.29, 0.717) is 11.6 Å². The molecule has 0 fully saturated rings. The second-order valence-electron chi connectivity index (χ2n) is 5.06. The van der Waals surface area contributed by atoms with Crippen LogP contribution in [0, 0.1) is 0 Å². The topological polar surface area (TPSA) is 56.3 Å². The summed E-state index contributed by atoms with van der Waals surface area (Å²) in [5, 5.41) is 10.8. The van der Waals surface area contributed by atoms with Crippen molar-refractivity contribution in [3.63, 3.8) is 0 Å². The van der Waals surface area contributed by atoms with E-state index < -0.39 is 5.97 Å². The summed E-state index contributed by atoms with van der Waals surface area (Å²) in [7, 11) is 0. The van der Waals surface area contributed by atoms with Gasteiger partial charge in [0.2, 0.25) is 0 Å². The Labute approximate surface area is 123 Å². The van der Waals surface area contributed by atoms with Crippen molar-refractivity contribution in [2.75, 3.05) is 6.54 Å². The van der Waals surface area contributed by atoms with E-state index >= 15 is 0 Å². The fourth-order valence-electron chi connectivity index (χ4n) is 2.31. The van der Waals surface area contributed by atoms with Crippen molar-refractivity contribution < 1.29 is 9.90 Å². The van der Waals surface area contributed by atoms with Gasteiger partial charge in [-0.05, 0) is 31.0 Å². The minimum Gasteiger partial charge on any atom is -0.480 e. The molecule has 0 saturated carbocycles. The number of carboxylic acids is 1. The van der Waals surface area contributed by atoms with Gasteiger partial charge in [0.25, 0.3) is 0 Å². The highest BCUT2D eigenvalue weighted by atomic mass is 35.5. The molecule has 0 aliphatic carbocycles. The molecule has 4 nitrogen and oxygen atoms in total. The average molecular weight is 295 g/mol. The quantitative estimate of drug-likeness (QED) is 0.857. The van der Waals surface area contributed by atoms with Gasteiger partial charge in [-0.15, -0.1) is 0 Å². The number of rotatable bonds is 6. The maximum absolute atomic E-state index is 11.0. The molecule has 0 aliphatic rings. The molecule has 108 valence electrons. The highest BCUT2D eigenvalue weighted by Crippen LogP contribution is 2.23. The Hall–Kier alpha value is -1.52. The number of hydrogen-bond donors (Lipinski definition) is 2. The van der Waals surface area contributed by atoms with Gasteiger partial charge in [-0.3, -0.25) is 9.69 Å². The van der Waals surface area contributed by atoms with Gasteiger partial charge in [0, 0.05) is 34.7 Å². The Morgan fingerprint density at radius 2 is 2.25 bits per heavy atom. The molecule has 1 aromatic heterocycles. The molecule has 0 aliphatic heterocycles. The molecule has 2 rings (SSSR count). The van der Waals surface area contributed by atoms with Gasteiger partial charge >= 0.3 is 5.97 Å². The molecule has 2 aromatic rings. The summed E-state index contributed by atoms with van der Waals surface area (Å²) < 4.78 is 0. The fourth-order valence-corrected chi connectivity index (χ4v) is 2.48. The maximum Gasteiger partial charge on any atom is 0.317 e. The number of H-pyrrole nitrogens is 1. The van der Waals surface area contributed by atoms with Gasteiger partial charge in [-0.1, -0.05) is 24.6 Å². The number of nitrogens with zero attached hydrogens (tertiary/aromatic N) is 1. The molecule has 1 heterocycles. The van der Waals surface area contributed by atoms with Crippen LogP contribution in [0.2, 0.25) is 5.02 Å². The first-order chi connectivity index (χ1) is 9.51. The molecular weight excluding hydrogens is 276 g/mol. The molecule has 0 amide bonds. The van der Waals surface area contributed by atoms with E-state index in [2.05, 4.69) is 18.8 Å². The van der Waals surface area contributed by atoms with Crippen LogP contribution in [0.15, 0.2) is 24.4 Å². The first kappa shape index (κ1) is 14.9. The highest BCUT2D eigenvalue weighted by Gasteiger charge is 2.17. The summed E-state index contributed by atoms with van der Waals surface area (Å²) in [5.74, 6) is -0.798. The zero-order valence-electron chi connectivity index (χ0n) is 11.7. The maximum atomic E-state index is 11.0. The lowest BCUT2D eigenvalue weighted by molar-refractivity contribution is -0.139. The largest absolute Gasteiger partial charge is 0.480 e. The molecule has 20 heavy (non-hydrogen) atoms. The van der Waals surface area contributed by atoms with E-state index in [9.17, 15) is 4.79 Å². The van der Waals surface area contributed by atoms with E-state index in [1.165, 1.54) is 0 Å².